The van der Waals surface area contributed by atoms with E-state index in [4.69, 9.17) is 11.1 Å². The molecule has 2 heterocycles. The van der Waals surface area contributed by atoms with E-state index >= 15 is 0 Å². The maximum Gasteiger partial charge on any atom is 0.166 e. The predicted molar refractivity (Wildman–Crippen MR) is 86.2 cm³/mol. The summed E-state index contributed by atoms with van der Waals surface area (Å²) in [6.45, 7) is 2.96. The number of sulfone groups is 1. The molecule has 0 bridgehead atoms. The molecule has 0 aromatic carbocycles. The fraction of sp³-hybridized carbons (Fsp3) is 0.538. The van der Waals surface area contributed by atoms with Crippen LogP contribution in [0.2, 0.25) is 0 Å². The van der Waals surface area contributed by atoms with E-state index < -0.39 is 15.2 Å². The topological polar surface area (TPSA) is 100 Å². The van der Waals surface area contributed by atoms with Gasteiger partial charge in [0, 0.05) is 36.5 Å². The van der Waals surface area contributed by atoms with Crippen LogP contribution in [0.3, 0.4) is 0 Å². The highest BCUT2D eigenvalue weighted by molar-refractivity contribution is 8.01. The Morgan fingerprint density at radius 2 is 2.38 bits per heavy atom. The van der Waals surface area contributed by atoms with Gasteiger partial charge in [0.2, 0.25) is 0 Å². The second kappa shape index (κ2) is 6.76. The molecule has 0 amide bonds. The molecule has 0 saturated carbocycles. The van der Waals surface area contributed by atoms with Gasteiger partial charge in [0.05, 0.1) is 0 Å². The SMILES string of the molecule is CCS(=O)(=O)C1CSCCN1Cc1ccnc(C(=N)N)c1. The Balaban J connectivity index is 2.20. The fourth-order valence-electron chi connectivity index (χ4n) is 2.27. The Morgan fingerprint density at radius 1 is 1.62 bits per heavy atom. The maximum atomic E-state index is 12.2. The first-order valence-electron chi connectivity index (χ1n) is 6.76. The van der Waals surface area contributed by atoms with E-state index in [0.29, 0.717) is 18.0 Å². The molecule has 0 radical (unpaired) electrons. The van der Waals surface area contributed by atoms with E-state index in [1.807, 2.05) is 11.0 Å². The number of nitrogens with two attached hydrogens (primary N) is 1. The number of thioether (sulfide) groups is 1. The third kappa shape index (κ3) is 3.96. The number of rotatable bonds is 5. The van der Waals surface area contributed by atoms with Crippen molar-refractivity contribution in [2.75, 3.05) is 23.8 Å². The molecule has 1 aliphatic rings. The zero-order valence-corrected chi connectivity index (χ0v) is 13.6. The molecule has 1 saturated heterocycles. The molecule has 8 heteroatoms. The molecule has 0 spiro atoms. The molecule has 21 heavy (non-hydrogen) atoms. The molecule has 6 nitrogen and oxygen atoms in total. The van der Waals surface area contributed by atoms with Gasteiger partial charge in [-0.15, -0.1) is 0 Å². The van der Waals surface area contributed by atoms with Crippen molar-refractivity contribution >= 4 is 27.4 Å². The van der Waals surface area contributed by atoms with E-state index in [0.717, 1.165) is 17.9 Å². The van der Waals surface area contributed by atoms with Crippen molar-refractivity contribution in [1.29, 1.82) is 5.41 Å². The van der Waals surface area contributed by atoms with Crippen LogP contribution >= 0.6 is 11.8 Å². The second-order valence-corrected chi connectivity index (χ2v) is 8.51. The van der Waals surface area contributed by atoms with Crippen molar-refractivity contribution in [2.45, 2.75) is 18.8 Å². The summed E-state index contributed by atoms with van der Waals surface area (Å²) in [7, 11) is -3.09. The highest BCUT2D eigenvalue weighted by atomic mass is 32.2. The fourth-order valence-corrected chi connectivity index (χ4v) is 5.35. The maximum absolute atomic E-state index is 12.2. The van der Waals surface area contributed by atoms with E-state index in [9.17, 15) is 8.42 Å². The Bertz CT molecular complexity index is 618. The van der Waals surface area contributed by atoms with Crippen LogP contribution in [0.4, 0.5) is 0 Å². The first-order chi connectivity index (χ1) is 9.94. The van der Waals surface area contributed by atoms with E-state index in [-0.39, 0.29) is 11.6 Å². The van der Waals surface area contributed by atoms with Gasteiger partial charge >= 0.3 is 0 Å². The van der Waals surface area contributed by atoms with Crippen molar-refractivity contribution in [3.63, 3.8) is 0 Å². The molecule has 1 atom stereocenters. The van der Waals surface area contributed by atoms with E-state index in [2.05, 4.69) is 4.98 Å². The molecule has 1 aromatic rings. The average molecular weight is 328 g/mol. The number of aromatic nitrogens is 1. The van der Waals surface area contributed by atoms with Crippen molar-refractivity contribution in [1.82, 2.24) is 9.88 Å². The van der Waals surface area contributed by atoms with Crippen molar-refractivity contribution < 1.29 is 8.42 Å². The molecule has 1 aliphatic heterocycles. The standard InChI is InChI=1S/C13H20N4O2S2/c1-2-21(18,19)12-9-20-6-5-17(12)8-10-3-4-16-11(7-10)13(14)15/h3-4,7,12H,2,5-6,8-9H2,1H3,(H3,14,15). The number of amidine groups is 1. The van der Waals surface area contributed by atoms with Gasteiger partial charge in [-0.1, -0.05) is 6.92 Å². The number of nitrogens with one attached hydrogen (secondary N) is 1. The predicted octanol–water partition coefficient (Wildman–Crippen LogP) is 0.675. The summed E-state index contributed by atoms with van der Waals surface area (Å²) >= 11 is 1.68. The van der Waals surface area contributed by atoms with Crippen LogP contribution in [0.1, 0.15) is 18.2 Å². The summed E-state index contributed by atoms with van der Waals surface area (Å²) in [6.07, 6.45) is 1.61. The molecular weight excluding hydrogens is 308 g/mol. The lowest BCUT2D eigenvalue weighted by Crippen LogP contribution is -2.47. The quantitative estimate of drug-likeness (QED) is 0.609. The van der Waals surface area contributed by atoms with Gasteiger partial charge in [0.1, 0.15) is 16.9 Å². The van der Waals surface area contributed by atoms with Gasteiger partial charge in [-0.3, -0.25) is 15.3 Å². The molecule has 3 N–H and O–H groups in total. The minimum Gasteiger partial charge on any atom is -0.382 e. The molecule has 1 fully saturated rings. The van der Waals surface area contributed by atoms with Gasteiger partial charge in [-0.25, -0.2) is 8.42 Å². The van der Waals surface area contributed by atoms with Crippen molar-refractivity contribution in [3.8, 4) is 0 Å². The first kappa shape index (κ1) is 16.3. The lowest BCUT2D eigenvalue weighted by molar-refractivity contribution is 0.261. The summed E-state index contributed by atoms with van der Waals surface area (Å²) in [5.74, 6) is 1.62. The van der Waals surface area contributed by atoms with Crippen LogP contribution in [0.5, 0.6) is 0 Å². The van der Waals surface area contributed by atoms with Crippen LogP contribution in [0, 0.1) is 5.41 Å². The minimum atomic E-state index is -3.09. The van der Waals surface area contributed by atoms with Crippen LogP contribution in [0.15, 0.2) is 18.3 Å². The lowest BCUT2D eigenvalue weighted by atomic mass is 10.2. The average Bonchev–Trinajstić information content (AvgIpc) is 2.48. The lowest BCUT2D eigenvalue weighted by Gasteiger charge is -2.34. The highest BCUT2D eigenvalue weighted by Gasteiger charge is 2.32. The second-order valence-electron chi connectivity index (χ2n) is 4.91. The Kier molecular flexibility index (Phi) is 5.23. The van der Waals surface area contributed by atoms with Gasteiger partial charge < -0.3 is 5.73 Å². The summed E-state index contributed by atoms with van der Waals surface area (Å²) < 4.78 is 24.4. The molecule has 116 valence electrons. The minimum absolute atomic E-state index is 0.0798. The smallest absolute Gasteiger partial charge is 0.166 e. The Labute approximate surface area is 129 Å². The van der Waals surface area contributed by atoms with Crippen molar-refractivity contribution in [2.24, 2.45) is 5.73 Å². The van der Waals surface area contributed by atoms with E-state index in [1.54, 1.807) is 30.9 Å². The largest absolute Gasteiger partial charge is 0.382 e. The number of nitrogens with zero attached hydrogens (tertiary/aromatic N) is 2. The van der Waals surface area contributed by atoms with Crippen LogP contribution in [-0.4, -0.2) is 53.3 Å². The Morgan fingerprint density at radius 3 is 3.05 bits per heavy atom. The zero-order valence-electron chi connectivity index (χ0n) is 11.9. The summed E-state index contributed by atoms with van der Waals surface area (Å²) in [4.78, 5) is 6.02. The summed E-state index contributed by atoms with van der Waals surface area (Å²) in [5, 5.41) is 6.99. The van der Waals surface area contributed by atoms with Crippen molar-refractivity contribution in [3.05, 3.63) is 29.6 Å². The van der Waals surface area contributed by atoms with Gasteiger partial charge in [0.25, 0.3) is 0 Å². The summed E-state index contributed by atoms with van der Waals surface area (Å²) in [5.41, 5.74) is 6.80. The van der Waals surface area contributed by atoms with E-state index in [1.165, 1.54) is 0 Å². The normalized spacial score (nSPS) is 20.3. The third-order valence-electron chi connectivity index (χ3n) is 3.49. The number of hydrogen-bond acceptors (Lipinski definition) is 6. The molecule has 0 aliphatic carbocycles. The monoisotopic (exact) mass is 328 g/mol. The molecular formula is C13H20N4O2S2. The number of hydrogen-bond donors (Lipinski definition) is 2. The first-order valence-corrected chi connectivity index (χ1v) is 9.63. The molecule has 1 aromatic heterocycles. The molecule has 2 rings (SSSR count). The van der Waals surface area contributed by atoms with Gasteiger partial charge in [-0.05, 0) is 17.7 Å². The highest BCUT2D eigenvalue weighted by Crippen LogP contribution is 2.23. The Hall–Kier alpha value is -1.12. The number of pyridine rings is 1. The number of nitrogen functional groups attached to an aromatic ring is 1. The summed E-state index contributed by atoms with van der Waals surface area (Å²) in [6, 6.07) is 3.59. The van der Waals surface area contributed by atoms with Gasteiger partial charge in [-0.2, -0.15) is 11.8 Å². The van der Waals surface area contributed by atoms with Crippen LogP contribution in [0.25, 0.3) is 0 Å². The van der Waals surface area contributed by atoms with Gasteiger partial charge in [0.15, 0.2) is 9.84 Å². The van der Waals surface area contributed by atoms with Crippen LogP contribution in [-0.2, 0) is 16.4 Å². The van der Waals surface area contributed by atoms with Crippen LogP contribution < -0.4 is 5.73 Å². The zero-order chi connectivity index (χ0) is 15.5. The third-order valence-corrected chi connectivity index (χ3v) is 6.83. The molecule has 1 unspecified atom stereocenters.